The zero-order chi connectivity index (χ0) is 31.5. The van der Waals surface area contributed by atoms with Crippen LogP contribution in [0.25, 0.3) is 50.3 Å². The molecule has 3 heterocycles. The minimum absolute atomic E-state index is 0.272. The molecule has 0 radical (unpaired) electrons. The Morgan fingerprint density at radius 1 is 0.596 bits per heavy atom. The summed E-state index contributed by atoms with van der Waals surface area (Å²) in [7, 11) is 0. The van der Waals surface area contributed by atoms with Gasteiger partial charge < -0.3 is 4.57 Å². The third kappa shape index (κ3) is 4.27. The molecular formula is C42H33N5. The van der Waals surface area contributed by atoms with Crippen LogP contribution in [0.2, 0.25) is 0 Å². The van der Waals surface area contributed by atoms with Gasteiger partial charge >= 0.3 is 0 Å². The van der Waals surface area contributed by atoms with Crippen LogP contribution in [-0.4, -0.2) is 19.5 Å². The summed E-state index contributed by atoms with van der Waals surface area (Å²) in [5.41, 5.74) is 9.81. The first kappa shape index (κ1) is 27.5. The van der Waals surface area contributed by atoms with Crippen LogP contribution in [0.1, 0.15) is 37.8 Å². The Labute approximate surface area is 274 Å². The maximum Gasteiger partial charge on any atom is 0.238 e. The molecule has 0 N–H and O–H groups in total. The van der Waals surface area contributed by atoms with Crippen molar-refractivity contribution in [2.24, 2.45) is 0 Å². The van der Waals surface area contributed by atoms with Gasteiger partial charge in [-0.05, 0) is 42.2 Å². The number of para-hydroxylation sites is 2. The number of rotatable bonds is 4. The van der Waals surface area contributed by atoms with Crippen LogP contribution < -0.4 is 4.90 Å². The lowest BCUT2D eigenvalue weighted by Gasteiger charge is -2.41. The van der Waals surface area contributed by atoms with Crippen LogP contribution >= 0.6 is 0 Å². The van der Waals surface area contributed by atoms with Crippen molar-refractivity contribution >= 4 is 44.8 Å². The van der Waals surface area contributed by atoms with Crippen molar-refractivity contribution in [1.29, 1.82) is 0 Å². The van der Waals surface area contributed by atoms with Crippen molar-refractivity contribution in [3.63, 3.8) is 0 Å². The second-order valence-corrected chi connectivity index (χ2v) is 12.8. The standard InChI is InChI=1S/C42H33N5/c1-42(2)33-23-13-15-25-36(33)47(41-44-39(28-16-6-3-7-17-28)43-40(45-41)29-18-8-4-9-19-29)38-34(42)27-26-32-31-22-12-14-24-35(31)46(37(32)38)30-20-10-5-11-21-30/h3-4,6-10,12-27H,5,11H2,1-2H3. The van der Waals surface area contributed by atoms with E-state index in [0.29, 0.717) is 17.6 Å². The molecule has 5 nitrogen and oxygen atoms in total. The molecule has 5 aromatic carbocycles. The predicted octanol–water partition coefficient (Wildman–Crippen LogP) is 10.6. The number of hydrogen-bond acceptors (Lipinski definition) is 4. The summed E-state index contributed by atoms with van der Waals surface area (Å²) < 4.78 is 2.45. The summed E-state index contributed by atoms with van der Waals surface area (Å²) in [6.45, 7) is 4.66. The summed E-state index contributed by atoms with van der Waals surface area (Å²) >= 11 is 0. The molecule has 1 aliphatic carbocycles. The monoisotopic (exact) mass is 607 g/mol. The van der Waals surface area contributed by atoms with Crippen molar-refractivity contribution in [1.82, 2.24) is 19.5 Å². The molecular weight excluding hydrogens is 574 g/mol. The molecule has 0 saturated carbocycles. The Kier molecular flexibility index (Phi) is 6.22. The molecule has 0 atom stereocenters. The zero-order valence-electron chi connectivity index (χ0n) is 26.4. The largest absolute Gasteiger partial charge is 0.308 e. The molecule has 47 heavy (non-hydrogen) atoms. The highest BCUT2D eigenvalue weighted by Gasteiger charge is 2.40. The van der Waals surface area contributed by atoms with Gasteiger partial charge in [0, 0.05) is 33.0 Å². The van der Waals surface area contributed by atoms with Gasteiger partial charge in [-0.25, -0.2) is 4.98 Å². The topological polar surface area (TPSA) is 46.8 Å². The van der Waals surface area contributed by atoms with E-state index in [1.807, 2.05) is 36.4 Å². The smallest absolute Gasteiger partial charge is 0.238 e. The number of fused-ring (bicyclic) bond motifs is 6. The second-order valence-electron chi connectivity index (χ2n) is 12.8. The molecule has 1 aliphatic heterocycles. The number of allylic oxidation sites excluding steroid dienone is 4. The van der Waals surface area contributed by atoms with Crippen LogP contribution in [0.15, 0.2) is 140 Å². The summed E-state index contributed by atoms with van der Waals surface area (Å²) in [5.74, 6) is 1.88. The van der Waals surface area contributed by atoms with Gasteiger partial charge in [-0.2, -0.15) is 9.97 Å². The van der Waals surface area contributed by atoms with Crippen LogP contribution in [0, 0.1) is 0 Å². The zero-order valence-corrected chi connectivity index (χ0v) is 26.4. The molecule has 0 bridgehead atoms. The lowest BCUT2D eigenvalue weighted by atomic mass is 9.73. The average Bonchev–Trinajstić information content (AvgIpc) is 3.47. The maximum absolute atomic E-state index is 5.27. The Morgan fingerprint density at radius 3 is 1.96 bits per heavy atom. The first-order chi connectivity index (χ1) is 23.1. The molecule has 0 saturated heterocycles. The molecule has 7 aromatic rings. The van der Waals surface area contributed by atoms with Gasteiger partial charge in [0.05, 0.1) is 22.4 Å². The quantitative estimate of drug-likeness (QED) is 0.200. The van der Waals surface area contributed by atoms with Crippen molar-refractivity contribution in [3.8, 4) is 22.8 Å². The van der Waals surface area contributed by atoms with Crippen molar-refractivity contribution in [3.05, 3.63) is 151 Å². The van der Waals surface area contributed by atoms with Gasteiger partial charge in [0.25, 0.3) is 0 Å². The van der Waals surface area contributed by atoms with Crippen LogP contribution in [0.5, 0.6) is 0 Å². The van der Waals surface area contributed by atoms with Gasteiger partial charge in [0.15, 0.2) is 11.6 Å². The molecule has 2 aromatic heterocycles. The van der Waals surface area contributed by atoms with Gasteiger partial charge in [-0.3, -0.25) is 4.90 Å². The van der Waals surface area contributed by atoms with Crippen molar-refractivity contribution in [2.45, 2.75) is 32.1 Å². The number of aromatic nitrogens is 4. The Balaban J connectivity index is 1.43. The van der Waals surface area contributed by atoms with E-state index >= 15 is 0 Å². The maximum atomic E-state index is 5.27. The minimum Gasteiger partial charge on any atom is -0.308 e. The molecule has 0 amide bonds. The lowest BCUT2D eigenvalue weighted by Crippen LogP contribution is -2.32. The Hall–Kier alpha value is -5.81. The van der Waals surface area contributed by atoms with E-state index in [4.69, 9.17) is 15.0 Å². The van der Waals surface area contributed by atoms with Crippen molar-refractivity contribution < 1.29 is 0 Å². The SMILES string of the molecule is CC1(C)c2ccccc2N(c2nc(-c3ccccc3)nc(-c3ccccc3)n2)c2c1ccc1c3ccccc3n(C3=CCCC=C3)c21. The highest BCUT2D eigenvalue weighted by molar-refractivity contribution is 6.16. The van der Waals surface area contributed by atoms with E-state index in [1.165, 1.54) is 33.1 Å². The third-order valence-electron chi connectivity index (χ3n) is 9.65. The number of benzene rings is 5. The van der Waals surface area contributed by atoms with Crippen LogP contribution in [0.4, 0.5) is 17.3 Å². The number of hydrogen-bond donors (Lipinski definition) is 0. The number of anilines is 3. The predicted molar refractivity (Wildman–Crippen MR) is 193 cm³/mol. The first-order valence-electron chi connectivity index (χ1n) is 16.3. The second kappa shape index (κ2) is 10.6. The fourth-order valence-electron chi connectivity index (χ4n) is 7.37. The molecule has 5 heteroatoms. The van der Waals surface area contributed by atoms with Crippen LogP contribution in [0.3, 0.4) is 0 Å². The van der Waals surface area contributed by atoms with E-state index in [2.05, 4.69) is 126 Å². The van der Waals surface area contributed by atoms with E-state index in [9.17, 15) is 0 Å². The first-order valence-corrected chi connectivity index (χ1v) is 16.3. The fourth-order valence-corrected chi connectivity index (χ4v) is 7.37. The van der Waals surface area contributed by atoms with E-state index < -0.39 is 0 Å². The summed E-state index contributed by atoms with van der Waals surface area (Å²) in [5, 5.41) is 2.44. The van der Waals surface area contributed by atoms with E-state index in [1.54, 1.807) is 0 Å². The van der Waals surface area contributed by atoms with E-state index in [0.717, 1.165) is 40.9 Å². The normalized spacial score (nSPS) is 15.0. The molecule has 0 fully saturated rings. The summed E-state index contributed by atoms with van der Waals surface area (Å²) in [6, 6.07) is 42.5. The average molecular weight is 608 g/mol. The van der Waals surface area contributed by atoms with Crippen molar-refractivity contribution in [2.75, 3.05) is 4.90 Å². The summed E-state index contributed by atoms with van der Waals surface area (Å²) in [6.07, 6.45) is 8.99. The lowest BCUT2D eigenvalue weighted by molar-refractivity contribution is 0.631. The highest BCUT2D eigenvalue weighted by Crippen LogP contribution is 2.55. The van der Waals surface area contributed by atoms with Gasteiger partial charge in [-0.1, -0.05) is 135 Å². The molecule has 0 unspecified atom stereocenters. The van der Waals surface area contributed by atoms with Gasteiger partial charge in [0.1, 0.15) is 0 Å². The molecule has 226 valence electrons. The van der Waals surface area contributed by atoms with E-state index in [-0.39, 0.29) is 5.41 Å². The third-order valence-corrected chi connectivity index (χ3v) is 9.65. The Bertz CT molecular complexity index is 2320. The van der Waals surface area contributed by atoms with Crippen LogP contribution in [-0.2, 0) is 5.41 Å². The molecule has 0 spiro atoms. The molecule has 9 rings (SSSR count). The highest BCUT2D eigenvalue weighted by atomic mass is 15.3. The Morgan fingerprint density at radius 2 is 1.26 bits per heavy atom. The van der Waals surface area contributed by atoms with Gasteiger partial charge in [-0.15, -0.1) is 0 Å². The molecule has 2 aliphatic rings. The fraction of sp³-hybridized carbons (Fsp3) is 0.119. The summed E-state index contributed by atoms with van der Waals surface area (Å²) in [4.78, 5) is 17.9. The number of nitrogens with zero attached hydrogens (tertiary/aromatic N) is 5. The van der Waals surface area contributed by atoms with Gasteiger partial charge in [0.2, 0.25) is 5.95 Å². The minimum atomic E-state index is -0.272.